The van der Waals surface area contributed by atoms with E-state index in [1.165, 1.54) is 5.56 Å². The molecular weight excluding hydrogens is 374 g/mol. The van der Waals surface area contributed by atoms with Crippen LogP contribution in [-0.2, 0) is 11.3 Å². The van der Waals surface area contributed by atoms with Gasteiger partial charge in [-0.25, -0.2) is 0 Å². The van der Waals surface area contributed by atoms with Gasteiger partial charge in [-0.2, -0.15) is 0 Å². The Hall–Kier alpha value is -2.34. The van der Waals surface area contributed by atoms with E-state index in [9.17, 15) is 4.79 Å². The normalized spacial score (nSPS) is 22.5. The molecule has 2 aliphatic rings. The first-order chi connectivity index (χ1) is 13.7. The average molecular weight is 396 g/mol. The lowest BCUT2D eigenvalue weighted by atomic mass is 10.1. The Kier molecular flexibility index (Phi) is 4.59. The van der Waals surface area contributed by atoms with Crippen molar-refractivity contribution in [1.82, 2.24) is 14.8 Å². The van der Waals surface area contributed by atoms with Gasteiger partial charge in [-0.05, 0) is 23.8 Å². The van der Waals surface area contributed by atoms with Crippen LogP contribution in [0.1, 0.15) is 16.1 Å². The van der Waals surface area contributed by atoms with Gasteiger partial charge in [0, 0.05) is 42.1 Å². The molecule has 0 bridgehead atoms. The number of likely N-dealkylation sites (tertiary alicyclic amines) is 1. The Morgan fingerprint density at radius 2 is 2.00 bits per heavy atom. The first-order valence-corrected chi connectivity index (χ1v) is 10.0. The monoisotopic (exact) mass is 395 g/mol. The minimum Gasteiger partial charge on any atom is -0.373 e. The lowest BCUT2D eigenvalue weighted by Gasteiger charge is -2.36. The van der Waals surface area contributed by atoms with Crippen molar-refractivity contribution in [2.24, 2.45) is 0 Å². The summed E-state index contributed by atoms with van der Waals surface area (Å²) in [7, 11) is 0. The van der Waals surface area contributed by atoms with Gasteiger partial charge in [0.05, 0.1) is 18.8 Å². The molecule has 144 valence electrons. The number of halogens is 1. The van der Waals surface area contributed by atoms with E-state index < -0.39 is 0 Å². The number of amides is 1. The summed E-state index contributed by atoms with van der Waals surface area (Å²) >= 11 is 6.06. The molecule has 1 N–H and O–H groups in total. The van der Waals surface area contributed by atoms with Crippen LogP contribution in [-0.4, -0.2) is 59.1 Å². The number of aromatic amines is 1. The number of hydrogen-bond donors (Lipinski definition) is 1. The molecule has 6 heteroatoms. The van der Waals surface area contributed by atoms with Gasteiger partial charge in [-0.1, -0.05) is 48.0 Å². The number of carbonyl (C=O) groups excluding carboxylic acids is 1. The van der Waals surface area contributed by atoms with Gasteiger partial charge in [0.1, 0.15) is 5.69 Å². The highest BCUT2D eigenvalue weighted by molar-refractivity contribution is 6.31. The third-order valence-electron chi connectivity index (χ3n) is 5.75. The number of H-pyrrole nitrogens is 1. The zero-order valence-electron chi connectivity index (χ0n) is 15.5. The number of benzene rings is 2. The van der Waals surface area contributed by atoms with Gasteiger partial charge in [-0.3, -0.25) is 9.69 Å². The highest BCUT2D eigenvalue weighted by Crippen LogP contribution is 2.27. The van der Waals surface area contributed by atoms with Crippen molar-refractivity contribution in [2.75, 3.05) is 26.2 Å². The molecular formula is C22H22ClN3O2. The number of aromatic nitrogens is 1. The Labute approximate surface area is 168 Å². The standard InChI is InChI=1S/C22H22ClN3O2/c23-17-7-6-16-10-19(24-18(16)11-17)22(27)26-13-20-21(14-26)28-9-8-25(20)12-15-4-2-1-3-5-15/h1-7,10-11,20-21,24H,8-9,12-14H2/t20-,21+/m1/s1. The molecule has 1 amide bonds. The Morgan fingerprint density at radius 1 is 1.14 bits per heavy atom. The van der Waals surface area contributed by atoms with E-state index in [0.29, 0.717) is 30.4 Å². The maximum atomic E-state index is 13.1. The molecule has 5 rings (SSSR count). The Balaban J connectivity index is 1.33. The molecule has 0 aliphatic carbocycles. The second-order valence-electron chi connectivity index (χ2n) is 7.56. The third kappa shape index (κ3) is 3.30. The van der Waals surface area contributed by atoms with Crippen LogP contribution >= 0.6 is 11.6 Å². The molecule has 3 heterocycles. The number of morpholine rings is 1. The van der Waals surface area contributed by atoms with Crippen LogP contribution in [0, 0.1) is 0 Å². The van der Waals surface area contributed by atoms with Gasteiger partial charge in [0.25, 0.3) is 5.91 Å². The molecule has 28 heavy (non-hydrogen) atoms. The van der Waals surface area contributed by atoms with Crippen LogP contribution in [0.3, 0.4) is 0 Å². The van der Waals surface area contributed by atoms with Crippen molar-refractivity contribution < 1.29 is 9.53 Å². The molecule has 0 saturated carbocycles. The van der Waals surface area contributed by atoms with Crippen molar-refractivity contribution in [1.29, 1.82) is 0 Å². The number of fused-ring (bicyclic) bond motifs is 2. The van der Waals surface area contributed by atoms with Gasteiger partial charge < -0.3 is 14.6 Å². The molecule has 3 aromatic rings. The second kappa shape index (κ2) is 7.24. The fourth-order valence-corrected chi connectivity index (χ4v) is 4.50. The zero-order chi connectivity index (χ0) is 19.1. The first-order valence-electron chi connectivity index (χ1n) is 9.64. The van der Waals surface area contributed by atoms with E-state index in [1.54, 1.807) is 0 Å². The Morgan fingerprint density at radius 3 is 2.86 bits per heavy atom. The van der Waals surface area contributed by atoms with Crippen molar-refractivity contribution >= 4 is 28.4 Å². The van der Waals surface area contributed by atoms with Crippen LogP contribution in [0.5, 0.6) is 0 Å². The van der Waals surface area contributed by atoms with Gasteiger partial charge in [-0.15, -0.1) is 0 Å². The molecule has 0 unspecified atom stereocenters. The van der Waals surface area contributed by atoms with Gasteiger partial charge in [0.15, 0.2) is 0 Å². The molecule has 1 aromatic heterocycles. The summed E-state index contributed by atoms with van der Waals surface area (Å²) in [5.74, 6) is 0.0185. The van der Waals surface area contributed by atoms with Crippen LogP contribution in [0.15, 0.2) is 54.6 Å². The molecule has 0 radical (unpaired) electrons. The average Bonchev–Trinajstić information content (AvgIpc) is 3.32. The topological polar surface area (TPSA) is 48.6 Å². The molecule has 0 spiro atoms. The Bertz CT molecular complexity index is 1000. The summed E-state index contributed by atoms with van der Waals surface area (Å²) in [6.07, 6.45) is 0.0697. The summed E-state index contributed by atoms with van der Waals surface area (Å²) in [6.45, 7) is 3.81. The van der Waals surface area contributed by atoms with Crippen molar-refractivity contribution in [2.45, 2.75) is 18.7 Å². The highest BCUT2D eigenvalue weighted by Gasteiger charge is 2.42. The highest BCUT2D eigenvalue weighted by atomic mass is 35.5. The molecule has 2 saturated heterocycles. The smallest absolute Gasteiger partial charge is 0.270 e. The number of hydrogen-bond acceptors (Lipinski definition) is 3. The lowest BCUT2D eigenvalue weighted by molar-refractivity contribution is -0.0503. The van der Waals surface area contributed by atoms with Crippen molar-refractivity contribution in [3.8, 4) is 0 Å². The predicted molar refractivity (Wildman–Crippen MR) is 110 cm³/mol. The minimum absolute atomic E-state index is 0.0185. The zero-order valence-corrected chi connectivity index (χ0v) is 16.2. The predicted octanol–water partition coefficient (Wildman–Crippen LogP) is 3.55. The van der Waals surface area contributed by atoms with Crippen LogP contribution in [0.4, 0.5) is 0 Å². The molecule has 2 aromatic carbocycles. The van der Waals surface area contributed by atoms with E-state index in [-0.39, 0.29) is 18.1 Å². The fraction of sp³-hybridized carbons (Fsp3) is 0.318. The van der Waals surface area contributed by atoms with E-state index in [1.807, 2.05) is 35.2 Å². The maximum absolute atomic E-state index is 13.1. The number of nitrogens with zero attached hydrogens (tertiary/aromatic N) is 2. The van der Waals surface area contributed by atoms with E-state index >= 15 is 0 Å². The minimum atomic E-state index is 0.0185. The first kappa shape index (κ1) is 17.7. The van der Waals surface area contributed by atoms with Crippen LogP contribution < -0.4 is 0 Å². The van der Waals surface area contributed by atoms with E-state index in [4.69, 9.17) is 16.3 Å². The summed E-state index contributed by atoms with van der Waals surface area (Å²) in [5, 5.41) is 1.65. The summed E-state index contributed by atoms with van der Waals surface area (Å²) < 4.78 is 6.00. The molecule has 5 nitrogen and oxygen atoms in total. The number of carbonyl (C=O) groups is 1. The number of rotatable bonds is 3. The van der Waals surface area contributed by atoms with Crippen LogP contribution in [0.2, 0.25) is 5.02 Å². The lowest BCUT2D eigenvalue weighted by Crippen LogP contribution is -2.50. The van der Waals surface area contributed by atoms with Crippen molar-refractivity contribution in [3.05, 3.63) is 70.9 Å². The second-order valence-corrected chi connectivity index (χ2v) is 7.99. The third-order valence-corrected chi connectivity index (χ3v) is 5.98. The van der Waals surface area contributed by atoms with Gasteiger partial charge in [0.2, 0.25) is 0 Å². The van der Waals surface area contributed by atoms with E-state index in [0.717, 1.165) is 24.0 Å². The summed E-state index contributed by atoms with van der Waals surface area (Å²) in [4.78, 5) is 20.7. The van der Waals surface area contributed by atoms with Gasteiger partial charge >= 0.3 is 0 Å². The maximum Gasteiger partial charge on any atom is 0.270 e. The number of ether oxygens (including phenoxy) is 1. The van der Waals surface area contributed by atoms with Crippen molar-refractivity contribution in [3.63, 3.8) is 0 Å². The van der Waals surface area contributed by atoms with E-state index in [2.05, 4.69) is 34.1 Å². The number of nitrogens with one attached hydrogen (secondary N) is 1. The molecule has 2 atom stereocenters. The SMILES string of the molecule is O=C(c1cc2ccc(Cl)cc2[nH]1)N1C[C@@H]2OCCN(Cc3ccccc3)[C@@H]2C1. The molecule has 2 fully saturated rings. The largest absolute Gasteiger partial charge is 0.373 e. The fourth-order valence-electron chi connectivity index (χ4n) is 4.32. The molecule has 2 aliphatic heterocycles. The summed E-state index contributed by atoms with van der Waals surface area (Å²) in [5.41, 5.74) is 2.78. The van der Waals surface area contributed by atoms with Crippen LogP contribution in [0.25, 0.3) is 10.9 Å². The summed E-state index contributed by atoms with van der Waals surface area (Å²) in [6, 6.07) is 18.2. The quantitative estimate of drug-likeness (QED) is 0.737.